The highest BCUT2D eigenvalue weighted by Crippen LogP contribution is 2.12. The van der Waals surface area contributed by atoms with Crippen LogP contribution in [0.3, 0.4) is 0 Å². The molecule has 1 rings (SSSR count). The fourth-order valence-corrected chi connectivity index (χ4v) is 1.68. The number of methoxy groups -OCH3 is 1. The second-order valence-corrected chi connectivity index (χ2v) is 4.51. The Morgan fingerprint density at radius 3 is 2.63 bits per heavy atom. The summed E-state index contributed by atoms with van der Waals surface area (Å²) in [6.45, 7) is 4.55. The minimum Gasteiger partial charge on any atom is -0.491 e. The van der Waals surface area contributed by atoms with Crippen molar-refractivity contribution in [1.82, 2.24) is 5.32 Å². The van der Waals surface area contributed by atoms with Gasteiger partial charge in [0, 0.05) is 20.3 Å². The smallest absolute Gasteiger partial charge is 0.119 e. The number of ether oxygens (including phenoxy) is 2. The number of hydrogen-bond donors (Lipinski definition) is 2. The Morgan fingerprint density at radius 1 is 1.26 bits per heavy atom. The summed E-state index contributed by atoms with van der Waals surface area (Å²) in [5.41, 5.74) is 1.28. The van der Waals surface area contributed by atoms with Gasteiger partial charge in [0.15, 0.2) is 0 Å². The number of hydrogen-bond acceptors (Lipinski definition) is 4. The molecule has 0 saturated carbocycles. The van der Waals surface area contributed by atoms with Gasteiger partial charge in [-0.3, -0.25) is 0 Å². The summed E-state index contributed by atoms with van der Waals surface area (Å²) in [6, 6.07) is 7.98. The van der Waals surface area contributed by atoms with E-state index in [4.69, 9.17) is 9.47 Å². The highest BCUT2D eigenvalue weighted by molar-refractivity contribution is 5.27. The largest absolute Gasteiger partial charge is 0.491 e. The number of nitrogens with one attached hydrogen (secondary N) is 1. The van der Waals surface area contributed by atoms with Gasteiger partial charge in [0.2, 0.25) is 0 Å². The van der Waals surface area contributed by atoms with Crippen LogP contribution in [-0.4, -0.2) is 44.6 Å². The Hall–Kier alpha value is -1.10. The van der Waals surface area contributed by atoms with Crippen molar-refractivity contribution in [3.05, 3.63) is 29.8 Å². The van der Waals surface area contributed by atoms with Crippen molar-refractivity contribution in [2.45, 2.75) is 25.9 Å². The molecule has 4 heteroatoms. The van der Waals surface area contributed by atoms with Gasteiger partial charge in [0.05, 0.1) is 0 Å². The zero-order chi connectivity index (χ0) is 13.9. The van der Waals surface area contributed by atoms with Crippen molar-refractivity contribution >= 4 is 0 Å². The van der Waals surface area contributed by atoms with E-state index in [2.05, 4.69) is 12.2 Å². The Kier molecular flexibility index (Phi) is 8.21. The highest BCUT2D eigenvalue weighted by Gasteiger charge is 2.04. The standard InChI is InChI=1S/C15H25NO3/c1-3-13-5-7-15(8-6-13)19-12-14(17)11-16-9-4-10-18-2/h5-8,14,16-17H,3-4,9-12H2,1-2H3. The van der Waals surface area contributed by atoms with Gasteiger partial charge in [0.1, 0.15) is 18.5 Å². The molecule has 0 saturated heterocycles. The molecule has 1 aromatic rings. The third kappa shape index (κ3) is 7.15. The second-order valence-electron chi connectivity index (χ2n) is 4.51. The van der Waals surface area contributed by atoms with Crippen LogP contribution in [0, 0.1) is 0 Å². The lowest BCUT2D eigenvalue weighted by Crippen LogP contribution is -2.32. The zero-order valence-corrected chi connectivity index (χ0v) is 11.9. The van der Waals surface area contributed by atoms with Crippen LogP contribution >= 0.6 is 0 Å². The van der Waals surface area contributed by atoms with Crippen LogP contribution in [-0.2, 0) is 11.2 Å². The van der Waals surface area contributed by atoms with Crippen LogP contribution in [0.2, 0.25) is 0 Å². The van der Waals surface area contributed by atoms with E-state index in [1.54, 1.807) is 7.11 Å². The van der Waals surface area contributed by atoms with Crippen LogP contribution in [0.25, 0.3) is 0 Å². The average molecular weight is 267 g/mol. The van der Waals surface area contributed by atoms with Crippen molar-refractivity contribution in [1.29, 1.82) is 0 Å². The number of rotatable bonds is 10. The zero-order valence-electron chi connectivity index (χ0n) is 11.9. The Morgan fingerprint density at radius 2 is 2.00 bits per heavy atom. The fourth-order valence-electron chi connectivity index (χ4n) is 1.68. The molecule has 1 unspecified atom stereocenters. The molecule has 2 N–H and O–H groups in total. The van der Waals surface area contributed by atoms with Crippen LogP contribution in [0.4, 0.5) is 0 Å². The van der Waals surface area contributed by atoms with E-state index in [0.29, 0.717) is 13.2 Å². The molecule has 0 aliphatic rings. The fraction of sp³-hybridized carbons (Fsp3) is 0.600. The summed E-state index contributed by atoms with van der Waals surface area (Å²) < 4.78 is 10.5. The third-order valence-corrected chi connectivity index (χ3v) is 2.86. The van der Waals surface area contributed by atoms with E-state index in [0.717, 1.165) is 31.7 Å². The minimum absolute atomic E-state index is 0.308. The first-order valence-corrected chi connectivity index (χ1v) is 6.85. The first-order chi connectivity index (χ1) is 9.26. The van der Waals surface area contributed by atoms with E-state index >= 15 is 0 Å². The predicted octanol–water partition coefficient (Wildman–Crippen LogP) is 1.61. The SMILES string of the molecule is CCc1ccc(OCC(O)CNCCCOC)cc1. The van der Waals surface area contributed by atoms with Gasteiger partial charge in [-0.15, -0.1) is 0 Å². The van der Waals surface area contributed by atoms with Gasteiger partial charge in [-0.1, -0.05) is 19.1 Å². The monoisotopic (exact) mass is 267 g/mol. The van der Waals surface area contributed by atoms with Crippen LogP contribution in [0.15, 0.2) is 24.3 Å². The van der Waals surface area contributed by atoms with Gasteiger partial charge in [-0.05, 0) is 37.1 Å². The van der Waals surface area contributed by atoms with E-state index in [-0.39, 0.29) is 0 Å². The summed E-state index contributed by atoms with van der Waals surface area (Å²) in [7, 11) is 1.69. The maximum absolute atomic E-state index is 9.75. The molecule has 0 aromatic heterocycles. The van der Waals surface area contributed by atoms with Gasteiger partial charge in [-0.25, -0.2) is 0 Å². The molecule has 19 heavy (non-hydrogen) atoms. The quantitative estimate of drug-likeness (QED) is 0.632. The van der Waals surface area contributed by atoms with Crippen molar-refractivity contribution in [2.24, 2.45) is 0 Å². The molecule has 0 aliphatic carbocycles. The highest BCUT2D eigenvalue weighted by atomic mass is 16.5. The molecule has 0 aliphatic heterocycles. The van der Waals surface area contributed by atoms with Gasteiger partial charge in [-0.2, -0.15) is 0 Å². The van der Waals surface area contributed by atoms with Gasteiger partial charge in [0.25, 0.3) is 0 Å². The Balaban J connectivity index is 2.13. The van der Waals surface area contributed by atoms with Crippen molar-refractivity contribution < 1.29 is 14.6 Å². The van der Waals surface area contributed by atoms with Crippen LogP contribution < -0.4 is 10.1 Å². The summed E-state index contributed by atoms with van der Waals surface area (Å²) in [6.07, 6.45) is 1.48. The lowest BCUT2D eigenvalue weighted by molar-refractivity contribution is 0.105. The van der Waals surface area contributed by atoms with Crippen molar-refractivity contribution in [3.63, 3.8) is 0 Å². The normalized spacial score (nSPS) is 12.4. The minimum atomic E-state index is -0.492. The second kappa shape index (κ2) is 9.78. The molecule has 0 bridgehead atoms. The molecule has 0 fully saturated rings. The lowest BCUT2D eigenvalue weighted by Gasteiger charge is -2.13. The lowest BCUT2D eigenvalue weighted by atomic mass is 10.2. The van der Waals surface area contributed by atoms with Gasteiger partial charge < -0.3 is 19.9 Å². The topological polar surface area (TPSA) is 50.7 Å². The number of benzene rings is 1. The summed E-state index contributed by atoms with van der Waals surface area (Å²) in [5, 5.41) is 12.9. The molecule has 0 spiro atoms. The maximum atomic E-state index is 9.75. The van der Waals surface area contributed by atoms with Crippen molar-refractivity contribution in [2.75, 3.05) is 33.4 Å². The molecular formula is C15H25NO3. The molecule has 1 atom stereocenters. The Bertz CT molecular complexity index is 327. The molecule has 0 heterocycles. The maximum Gasteiger partial charge on any atom is 0.119 e. The first-order valence-electron chi connectivity index (χ1n) is 6.85. The molecule has 0 radical (unpaired) electrons. The molecule has 108 valence electrons. The van der Waals surface area contributed by atoms with E-state index < -0.39 is 6.10 Å². The van der Waals surface area contributed by atoms with Crippen molar-refractivity contribution in [3.8, 4) is 5.75 Å². The summed E-state index contributed by atoms with van der Waals surface area (Å²) in [4.78, 5) is 0. The number of aryl methyl sites for hydroxylation is 1. The third-order valence-electron chi connectivity index (χ3n) is 2.86. The Labute approximate surface area is 115 Å². The molecule has 0 amide bonds. The van der Waals surface area contributed by atoms with E-state index in [1.165, 1.54) is 5.56 Å². The summed E-state index contributed by atoms with van der Waals surface area (Å²) >= 11 is 0. The van der Waals surface area contributed by atoms with Crippen LogP contribution in [0.5, 0.6) is 5.75 Å². The van der Waals surface area contributed by atoms with E-state index in [9.17, 15) is 5.11 Å². The number of aliphatic hydroxyl groups excluding tert-OH is 1. The average Bonchev–Trinajstić information content (AvgIpc) is 2.45. The molecule has 4 nitrogen and oxygen atoms in total. The molecule has 1 aromatic carbocycles. The van der Waals surface area contributed by atoms with Crippen LogP contribution in [0.1, 0.15) is 18.9 Å². The first kappa shape index (κ1) is 16.0. The predicted molar refractivity (Wildman–Crippen MR) is 76.7 cm³/mol. The molecular weight excluding hydrogens is 242 g/mol. The number of aliphatic hydroxyl groups is 1. The summed E-state index contributed by atoms with van der Waals surface area (Å²) in [5.74, 6) is 0.802. The van der Waals surface area contributed by atoms with E-state index in [1.807, 2.05) is 24.3 Å². The van der Waals surface area contributed by atoms with Gasteiger partial charge >= 0.3 is 0 Å².